The third-order valence-corrected chi connectivity index (χ3v) is 7.62. The lowest BCUT2D eigenvalue weighted by molar-refractivity contribution is -0.126. The van der Waals surface area contributed by atoms with Crippen LogP contribution in [0.2, 0.25) is 0 Å². The summed E-state index contributed by atoms with van der Waals surface area (Å²) in [5.74, 6) is -1.68. The molecule has 11 nitrogen and oxygen atoms in total. The summed E-state index contributed by atoms with van der Waals surface area (Å²) in [6, 6.07) is 14.3. The molecule has 0 spiro atoms. The lowest BCUT2D eigenvalue weighted by atomic mass is 9.98. The van der Waals surface area contributed by atoms with E-state index >= 15 is 0 Å². The molecule has 0 bridgehead atoms. The lowest BCUT2D eigenvalue weighted by Crippen LogP contribution is -2.48. The van der Waals surface area contributed by atoms with E-state index in [1.165, 1.54) is 16.4 Å². The number of benzene rings is 2. The first kappa shape index (κ1) is 23.1. The summed E-state index contributed by atoms with van der Waals surface area (Å²) in [5.41, 5.74) is 4.23. The zero-order valence-corrected chi connectivity index (χ0v) is 18.6. The standard InChI is InChI=1S/C22H20N6O5S/c23-13-15-5-1-4-8-18(15)34(32,33)28-11-9-14(10-12-28)20(29)25-27-22(31)19-16-6-2-3-7-17(16)21(30)26-24-19/h1-8,14H,9-12H2,(H,25,29)(H,26,30)(H,27,31). The van der Waals surface area contributed by atoms with Crippen LogP contribution in [0.25, 0.3) is 10.8 Å². The predicted octanol–water partition coefficient (Wildman–Crippen LogP) is 0.657. The molecule has 1 aliphatic heterocycles. The van der Waals surface area contributed by atoms with Gasteiger partial charge in [-0.05, 0) is 31.0 Å². The first-order chi connectivity index (χ1) is 16.3. The highest BCUT2D eigenvalue weighted by Gasteiger charge is 2.33. The number of nitriles is 1. The summed E-state index contributed by atoms with van der Waals surface area (Å²) in [7, 11) is -3.87. The number of hydrazine groups is 1. The van der Waals surface area contributed by atoms with Crippen molar-refractivity contribution in [2.24, 2.45) is 5.92 Å². The van der Waals surface area contributed by atoms with Crippen LogP contribution >= 0.6 is 0 Å². The van der Waals surface area contributed by atoms with E-state index in [2.05, 4.69) is 21.0 Å². The van der Waals surface area contributed by atoms with Crippen molar-refractivity contribution in [3.8, 4) is 6.07 Å². The number of nitrogens with zero attached hydrogens (tertiary/aromatic N) is 3. The predicted molar refractivity (Wildman–Crippen MR) is 121 cm³/mol. The maximum absolute atomic E-state index is 12.9. The average molecular weight is 481 g/mol. The Morgan fingerprint density at radius 3 is 2.38 bits per heavy atom. The molecule has 2 amide bonds. The fourth-order valence-electron chi connectivity index (χ4n) is 3.85. The molecule has 1 fully saturated rings. The molecule has 2 heterocycles. The van der Waals surface area contributed by atoms with Crippen LogP contribution in [-0.2, 0) is 14.8 Å². The first-order valence-electron chi connectivity index (χ1n) is 10.4. The molecule has 0 atom stereocenters. The van der Waals surface area contributed by atoms with Crippen LogP contribution in [0.3, 0.4) is 0 Å². The number of H-pyrrole nitrogens is 1. The Labute approximate surface area is 194 Å². The minimum atomic E-state index is -3.87. The van der Waals surface area contributed by atoms with Crippen molar-refractivity contribution < 1.29 is 18.0 Å². The molecule has 4 rings (SSSR count). The number of amides is 2. The van der Waals surface area contributed by atoms with Crippen molar-refractivity contribution in [2.75, 3.05) is 13.1 Å². The molecular weight excluding hydrogens is 460 g/mol. The summed E-state index contributed by atoms with van der Waals surface area (Å²) >= 11 is 0. The molecule has 0 saturated carbocycles. The summed E-state index contributed by atoms with van der Waals surface area (Å²) in [4.78, 5) is 36.9. The van der Waals surface area contributed by atoms with Crippen LogP contribution in [0.15, 0.2) is 58.2 Å². The van der Waals surface area contributed by atoms with Crippen molar-refractivity contribution in [2.45, 2.75) is 17.7 Å². The third-order valence-electron chi connectivity index (χ3n) is 5.66. The van der Waals surface area contributed by atoms with Crippen molar-refractivity contribution in [3.63, 3.8) is 0 Å². The third kappa shape index (κ3) is 4.39. The van der Waals surface area contributed by atoms with E-state index < -0.39 is 33.3 Å². The van der Waals surface area contributed by atoms with Gasteiger partial charge in [0, 0.05) is 24.4 Å². The summed E-state index contributed by atoms with van der Waals surface area (Å²) in [5, 5.41) is 15.9. The van der Waals surface area contributed by atoms with Gasteiger partial charge in [0.1, 0.15) is 6.07 Å². The maximum Gasteiger partial charge on any atom is 0.290 e. The molecule has 1 saturated heterocycles. The second kappa shape index (κ2) is 9.42. The van der Waals surface area contributed by atoms with Gasteiger partial charge >= 0.3 is 0 Å². The Kier molecular flexibility index (Phi) is 6.40. The number of fused-ring (bicyclic) bond motifs is 1. The minimum absolute atomic E-state index is 0.0485. The van der Waals surface area contributed by atoms with Gasteiger partial charge in [-0.15, -0.1) is 0 Å². The van der Waals surface area contributed by atoms with Gasteiger partial charge in [-0.2, -0.15) is 14.7 Å². The molecule has 1 aliphatic rings. The second-order valence-electron chi connectivity index (χ2n) is 7.68. The number of hydrogen-bond donors (Lipinski definition) is 3. The molecule has 12 heteroatoms. The highest BCUT2D eigenvalue weighted by Crippen LogP contribution is 2.25. The smallest absolute Gasteiger partial charge is 0.273 e. The Hall–Kier alpha value is -4.08. The number of nitrogens with one attached hydrogen (secondary N) is 3. The van der Waals surface area contributed by atoms with E-state index in [4.69, 9.17) is 0 Å². The Morgan fingerprint density at radius 2 is 1.68 bits per heavy atom. The van der Waals surface area contributed by atoms with Gasteiger partial charge in [0.25, 0.3) is 11.5 Å². The van der Waals surface area contributed by atoms with Gasteiger partial charge in [-0.3, -0.25) is 25.2 Å². The molecule has 174 valence electrons. The normalized spacial score (nSPS) is 14.9. The van der Waals surface area contributed by atoms with E-state index in [1.54, 1.807) is 36.4 Å². The molecule has 3 N–H and O–H groups in total. The van der Waals surface area contributed by atoms with Crippen LogP contribution in [0.4, 0.5) is 0 Å². The van der Waals surface area contributed by atoms with Gasteiger partial charge in [0.05, 0.1) is 15.8 Å². The molecule has 0 unspecified atom stereocenters. The van der Waals surface area contributed by atoms with Crippen molar-refractivity contribution in [1.29, 1.82) is 5.26 Å². The van der Waals surface area contributed by atoms with Crippen molar-refractivity contribution in [3.05, 3.63) is 70.1 Å². The zero-order chi connectivity index (χ0) is 24.3. The number of piperidine rings is 1. The van der Waals surface area contributed by atoms with E-state index in [-0.39, 0.29) is 42.1 Å². The quantitative estimate of drug-likeness (QED) is 0.461. The zero-order valence-electron chi connectivity index (χ0n) is 17.8. The number of carbonyl (C=O) groups is 2. The van der Waals surface area contributed by atoms with Gasteiger partial charge in [-0.1, -0.05) is 30.3 Å². The van der Waals surface area contributed by atoms with Crippen LogP contribution in [0.1, 0.15) is 28.9 Å². The molecule has 2 aromatic carbocycles. The maximum atomic E-state index is 12.9. The number of rotatable bonds is 4. The van der Waals surface area contributed by atoms with Gasteiger partial charge < -0.3 is 0 Å². The summed E-state index contributed by atoms with van der Waals surface area (Å²) in [6.07, 6.45) is 0.491. The van der Waals surface area contributed by atoms with Gasteiger partial charge in [-0.25, -0.2) is 13.5 Å². The van der Waals surface area contributed by atoms with Crippen LogP contribution in [0, 0.1) is 17.2 Å². The van der Waals surface area contributed by atoms with Gasteiger partial charge in [0.2, 0.25) is 15.9 Å². The fraction of sp³-hybridized carbons (Fsp3) is 0.227. The number of carbonyl (C=O) groups excluding carboxylic acids is 2. The minimum Gasteiger partial charge on any atom is -0.273 e. The molecular formula is C22H20N6O5S. The molecule has 3 aromatic rings. The lowest BCUT2D eigenvalue weighted by Gasteiger charge is -2.30. The van der Waals surface area contributed by atoms with E-state index in [0.717, 1.165) is 0 Å². The van der Waals surface area contributed by atoms with Crippen LogP contribution < -0.4 is 16.4 Å². The first-order valence-corrected chi connectivity index (χ1v) is 11.8. The highest BCUT2D eigenvalue weighted by atomic mass is 32.2. The van der Waals surface area contributed by atoms with E-state index in [1.807, 2.05) is 6.07 Å². The Morgan fingerprint density at radius 1 is 1.03 bits per heavy atom. The van der Waals surface area contributed by atoms with E-state index in [0.29, 0.717) is 10.8 Å². The Bertz CT molecular complexity index is 1470. The van der Waals surface area contributed by atoms with Crippen LogP contribution in [0.5, 0.6) is 0 Å². The second-order valence-corrected chi connectivity index (χ2v) is 9.58. The number of aromatic nitrogens is 2. The number of sulfonamides is 1. The largest absolute Gasteiger partial charge is 0.290 e. The number of hydrogen-bond acceptors (Lipinski definition) is 7. The summed E-state index contributed by atoms with van der Waals surface area (Å²) in [6.45, 7) is 0.195. The topological polar surface area (TPSA) is 165 Å². The van der Waals surface area contributed by atoms with Gasteiger partial charge in [0.15, 0.2) is 5.69 Å². The fourth-order valence-corrected chi connectivity index (χ4v) is 5.46. The Balaban J connectivity index is 1.37. The number of aromatic amines is 1. The summed E-state index contributed by atoms with van der Waals surface area (Å²) < 4.78 is 27.1. The molecule has 0 aliphatic carbocycles. The molecule has 34 heavy (non-hydrogen) atoms. The molecule has 1 aromatic heterocycles. The van der Waals surface area contributed by atoms with E-state index in [9.17, 15) is 28.1 Å². The van der Waals surface area contributed by atoms with Crippen molar-refractivity contribution >= 4 is 32.6 Å². The SMILES string of the molecule is N#Cc1ccccc1S(=O)(=O)N1CCC(C(=O)NNC(=O)c2n[nH]c(=O)c3ccccc23)CC1. The van der Waals surface area contributed by atoms with Crippen LogP contribution in [-0.4, -0.2) is 47.8 Å². The monoisotopic (exact) mass is 480 g/mol. The average Bonchev–Trinajstić information content (AvgIpc) is 2.87. The van der Waals surface area contributed by atoms with Crippen molar-refractivity contribution in [1.82, 2.24) is 25.4 Å². The molecule has 0 radical (unpaired) electrons. The highest BCUT2D eigenvalue weighted by molar-refractivity contribution is 7.89.